The predicted molar refractivity (Wildman–Crippen MR) is 70.5 cm³/mol. The number of furan rings is 1. The normalized spacial score (nSPS) is 10.9. The lowest BCUT2D eigenvalue weighted by Crippen LogP contribution is -2.41. The molecule has 0 aliphatic heterocycles. The molecule has 0 fully saturated rings. The van der Waals surface area contributed by atoms with Crippen LogP contribution in [0.3, 0.4) is 0 Å². The first kappa shape index (κ1) is 15.7. The molecular weight excluding hydrogens is 264 g/mol. The molecule has 2 amide bonds. The molecule has 0 saturated heterocycles. The quantitative estimate of drug-likeness (QED) is 0.747. The van der Waals surface area contributed by atoms with Gasteiger partial charge in [-0.25, -0.2) is 4.79 Å². The lowest BCUT2D eigenvalue weighted by Gasteiger charge is -2.20. The van der Waals surface area contributed by atoms with Gasteiger partial charge >= 0.3 is 5.97 Å². The van der Waals surface area contributed by atoms with E-state index in [4.69, 9.17) is 9.52 Å². The summed E-state index contributed by atoms with van der Waals surface area (Å²) in [6.07, 6.45) is 1.12. The summed E-state index contributed by atoms with van der Waals surface area (Å²) < 4.78 is 4.83. The maximum Gasteiger partial charge on any atom is 0.338 e. The summed E-state index contributed by atoms with van der Waals surface area (Å²) in [5.41, 5.74) is -0.418. The number of aromatic carboxylic acids is 1. The number of carbonyl (C=O) groups is 3. The molecule has 1 aromatic heterocycles. The first-order valence-corrected chi connectivity index (χ1v) is 6.10. The van der Waals surface area contributed by atoms with Crippen molar-refractivity contribution in [2.75, 3.05) is 6.54 Å². The topological polar surface area (TPSA) is 109 Å². The first-order valence-electron chi connectivity index (χ1n) is 6.10. The van der Waals surface area contributed by atoms with Gasteiger partial charge in [-0.2, -0.15) is 0 Å². The Morgan fingerprint density at radius 3 is 2.45 bits per heavy atom. The number of carbonyl (C=O) groups excluding carboxylic acids is 2. The van der Waals surface area contributed by atoms with Crippen LogP contribution in [0, 0.1) is 0 Å². The average molecular weight is 282 g/mol. The van der Waals surface area contributed by atoms with E-state index in [1.54, 1.807) is 0 Å². The molecular formula is C13H18N2O5. The van der Waals surface area contributed by atoms with Gasteiger partial charge in [0.25, 0.3) is 5.91 Å². The van der Waals surface area contributed by atoms with Crippen molar-refractivity contribution in [3.05, 3.63) is 23.7 Å². The van der Waals surface area contributed by atoms with Crippen LogP contribution in [-0.2, 0) is 4.79 Å². The lowest BCUT2D eigenvalue weighted by molar-refractivity contribution is -0.122. The SMILES string of the molecule is CC(C)(C)NC(=O)CCNC(=O)c1cc(C(=O)O)co1. The number of rotatable bonds is 5. The second kappa shape index (κ2) is 6.23. The number of nitrogens with one attached hydrogen (secondary N) is 2. The molecule has 1 aromatic rings. The van der Waals surface area contributed by atoms with Crippen molar-refractivity contribution in [1.82, 2.24) is 10.6 Å². The van der Waals surface area contributed by atoms with E-state index < -0.39 is 11.9 Å². The van der Waals surface area contributed by atoms with Crippen LogP contribution in [0.4, 0.5) is 0 Å². The summed E-state index contributed by atoms with van der Waals surface area (Å²) in [5, 5.41) is 13.9. The molecule has 20 heavy (non-hydrogen) atoms. The number of hydrogen-bond acceptors (Lipinski definition) is 4. The largest absolute Gasteiger partial charge is 0.478 e. The van der Waals surface area contributed by atoms with Gasteiger partial charge in [0.15, 0.2) is 5.76 Å². The molecule has 110 valence electrons. The molecule has 7 nitrogen and oxygen atoms in total. The van der Waals surface area contributed by atoms with Crippen molar-refractivity contribution in [2.24, 2.45) is 0 Å². The van der Waals surface area contributed by atoms with E-state index in [2.05, 4.69) is 10.6 Å². The highest BCUT2D eigenvalue weighted by molar-refractivity contribution is 5.95. The molecule has 3 N–H and O–H groups in total. The molecule has 1 heterocycles. The Morgan fingerprint density at radius 1 is 1.30 bits per heavy atom. The van der Waals surface area contributed by atoms with Gasteiger partial charge in [-0.1, -0.05) is 0 Å². The van der Waals surface area contributed by atoms with Crippen LogP contribution in [0.1, 0.15) is 48.1 Å². The van der Waals surface area contributed by atoms with Crippen LogP contribution in [-0.4, -0.2) is 35.0 Å². The summed E-state index contributed by atoms with van der Waals surface area (Å²) >= 11 is 0. The maximum atomic E-state index is 11.6. The second-order valence-electron chi connectivity index (χ2n) is 5.31. The summed E-state index contributed by atoms with van der Waals surface area (Å²) in [7, 11) is 0. The second-order valence-corrected chi connectivity index (χ2v) is 5.31. The van der Waals surface area contributed by atoms with Gasteiger partial charge in [-0.15, -0.1) is 0 Å². The van der Waals surface area contributed by atoms with Crippen molar-refractivity contribution >= 4 is 17.8 Å². The van der Waals surface area contributed by atoms with Crippen LogP contribution < -0.4 is 10.6 Å². The number of carboxylic acid groups (broad SMARTS) is 1. The highest BCUT2D eigenvalue weighted by Crippen LogP contribution is 2.07. The Kier molecular flexibility index (Phi) is 4.90. The van der Waals surface area contributed by atoms with Crippen LogP contribution in [0.15, 0.2) is 16.7 Å². The fourth-order valence-electron chi connectivity index (χ4n) is 1.42. The van der Waals surface area contributed by atoms with Gasteiger partial charge in [-0.3, -0.25) is 9.59 Å². The zero-order chi connectivity index (χ0) is 15.3. The molecule has 0 unspecified atom stereocenters. The van der Waals surface area contributed by atoms with E-state index in [1.807, 2.05) is 20.8 Å². The number of amides is 2. The van der Waals surface area contributed by atoms with Gasteiger partial charge in [0.05, 0.1) is 5.56 Å². The van der Waals surface area contributed by atoms with Gasteiger partial charge in [0.2, 0.25) is 5.91 Å². The fourth-order valence-corrected chi connectivity index (χ4v) is 1.42. The third kappa shape index (κ3) is 5.13. The minimum atomic E-state index is -1.17. The molecule has 0 radical (unpaired) electrons. The highest BCUT2D eigenvalue weighted by Gasteiger charge is 2.16. The van der Waals surface area contributed by atoms with E-state index in [-0.39, 0.29) is 35.7 Å². The van der Waals surface area contributed by atoms with E-state index in [0.717, 1.165) is 12.3 Å². The van der Waals surface area contributed by atoms with E-state index >= 15 is 0 Å². The molecule has 0 atom stereocenters. The molecule has 0 aliphatic rings. The van der Waals surface area contributed by atoms with Gasteiger partial charge in [0, 0.05) is 24.6 Å². The zero-order valence-electron chi connectivity index (χ0n) is 11.6. The van der Waals surface area contributed by atoms with Crippen LogP contribution >= 0.6 is 0 Å². The summed E-state index contributed by atoms with van der Waals surface area (Å²) in [4.78, 5) is 33.8. The molecule has 7 heteroatoms. The standard InChI is InChI=1S/C13H18N2O5/c1-13(2,3)15-10(16)4-5-14-11(17)9-6-8(7-20-9)12(18)19/h6-7H,4-5H2,1-3H3,(H,14,17)(H,15,16)(H,18,19). The molecule has 0 bridgehead atoms. The number of hydrogen-bond donors (Lipinski definition) is 3. The van der Waals surface area contributed by atoms with Crippen molar-refractivity contribution in [3.8, 4) is 0 Å². The van der Waals surface area contributed by atoms with Gasteiger partial charge in [0.1, 0.15) is 6.26 Å². The van der Waals surface area contributed by atoms with E-state index in [1.165, 1.54) is 0 Å². The Balaban J connectivity index is 2.40. The highest BCUT2D eigenvalue weighted by atomic mass is 16.4. The van der Waals surface area contributed by atoms with Crippen LogP contribution in [0.5, 0.6) is 0 Å². The third-order valence-electron chi connectivity index (χ3n) is 2.22. The van der Waals surface area contributed by atoms with E-state index in [0.29, 0.717) is 0 Å². The summed E-state index contributed by atoms with van der Waals surface area (Å²) in [5.74, 6) is -2.00. The zero-order valence-corrected chi connectivity index (χ0v) is 11.6. The molecule has 0 aliphatic carbocycles. The van der Waals surface area contributed by atoms with Crippen molar-refractivity contribution < 1.29 is 23.9 Å². The minimum absolute atomic E-state index is 0.0966. The smallest absolute Gasteiger partial charge is 0.338 e. The average Bonchev–Trinajstić information content (AvgIpc) is 2.75. The van der Waals surface area contributed by atoms with Crippen molar-refractivity contribution in [2.45, 2.75) is 32.7 Å². The molecule has 0 saturated carbocycles. The lowest BCUT2D eigenvalue weighted by atomic mass is 10.1. The monoisotopic (exact) mass is 282 g/mol. The Hall–Kier alpha value is -2.31. The molecule has 0 aromatic carbocycles. The summed E-state index contributed by atoms with van der Waals surface area (Å²) in [6.45, 7) is 5.73. The minimum Gasteiger partial charge on any atom is -0.478 e. The predicted octanol–water partition coefficient (Wildman–Crippen LogP) is 1.01. The van der Waals surface area contributed by atoms with E-state index in [9.17, 15) is 14.4 Å². The molecule has 0 spiro atoms. The van der Waals surface area contributed by atoms with Crippen LogP contribution in [0.2, 0.25) is 0 Å². The third-order valence-corrected chi connectivity index (χ3v) is 2.22. The van der Waals surface area contributed by atoms with Crippen molar-refractivity contribution in [1.29, 1.82) is 0 Å². The Morgan fingerprint density at radius 2 is 1.95 bits per heavy atom. The Bertz CT molecular complexity index is 513. The molecule has 1 rings (SSSR count). The van der Waals surface area contributed by atoms with Crippen molar-refractivity contribution in [3.63, 3.8) is 0 Å². The van der Waals surface area contributed by atoms with Gasteiger partial charge in [-0.05, 0) is 20.8 Å². The fraction of sp³-hybridized carbons (Fsp3) is 0.462. The first-order chi connectivity index (χ1) is 9.19. The number of carboxylic acids is 1. The van der Waals surface area contributed by atoms with Crippen LogP contribution in [0.25, 0.3) is 0 Å². The Labute approximate surface area is 116 Å². The summed E-state index contributed by atoms with van der Waals surface area (Å²) in [6, 6.07) is 1.13. The van der Waals surface area contributed by atoms with Gasteiger partial charge < -0.3 is 20.2 Å². The maximum absolute atomic E-state index is 11.6.